The molecule has 0 saturated heterocycles. The SMILES string of the molecule is CC(O)COCC(O)COc1ccc(C(C)(C)c2ccc(OCC(O)COc3ccc(C(C)(C)c4ccc(OCC(O)COCc5ccco5)cc4)cc3)cc2)cc1. The second kappa shape index (κ2) is 21.2. The molecule has 0 amide bonds. The van der Waals surface area contributed by atoms with Gasteiger partial charge in [0.25, 0.3) is 0 Å². The van der Waals surface area contributed by atoms with Gasteiger partial charge in [0.15, 0.2) is 0 Å². The van der Waals surface area contributed by atoms with E-state index in [0.29, 0.717) is 35.4 Å². The number of aliphatic hydroxyl groups excluding tert-OH is 4. The van der Waals surface area contributed by atoms with Gasteiger partial charge in [-0.25, -0.2) is 0 Å². The predicted molar refractivity (Wildman–Crippen MR) is 221 cm³/mol. The van der Waals surface area contributed by atoms with Crippen LogP contribution in [-0.2, 0) is 26.9 Å². The zero-order valence-electron chi connectivity index (χ0n) is 34.1. The van der Waals surface area contributed by atoms with Crippen LogP contribution < -0.4 is 18.9 Å². The molecule has 4 N–H and O–H groups in total. The van der Waals surface area contributed by atoms with Crippen LogP contribution in [0.1, 0.15) is 62.6 Å². The van der Waals surface area contributed by atoms with Gasteiger partial charge in [-0.3, -0.25) is 0 Å². The van der Waals surface area contributed by atoms with Gasteiger partial charge in [0.05, 0.1) is 32.2 Å². The van der Waals surface area contributed by atoms with Crippen molar-refractivity contribution in [3.8, 4) is 23.0 Å². The highest BCUT2D eigenvalue weighted by atomic mass is 16.5. The van der Waals surface area contributed by atoms with E-state index in [4.69, 9.17) is 32.8 Å². The Morgan fingerprint density at radius 1 is 0.448 bits per heavy atom. The lowest BCUT2D eigenvalue weighted by atomic mass is 9.78. The second-order valence-corrected chi connectivity index (χ2v) is 15.5. The monoisotopic (exact) mass is 798 g/mol. The summed E-state index contributed by atoms with van der Waals surface area (Å²) in [5, 5.41) is 40.2. The van der Waals surface area contributed by atoms with Crippen molar-refractivity contribution < 1.29 is 53.3 Å². The fourth-order valence-electron chi connectivity index (χ4n) is 6.18. The van der Waals surface area contributed by atoms with Gasteiger partial charge in [-0.2, -0.15) is 0 Å². The van der Waals surface area contributed by atoms with E-state index in [9.17, 15) is 20.4 Å². The lowest BCUT2D eigenvalue weighted by Gasteiger charge is -2.27. The summed E-state index contributed by atoms with van der Waals surface area (Å²) >= 11 is 0. The minimum absolute atomic E-state index is 0.0783. The summed E-state index contributed by atoms with van der Waals surface area (Å²) in [5.74, 6) is 3.31. The number of furan rings is 1. The zero-order chi connectivity index (χ0) is 41.5. The molecule has 1 aromatic heterocycles. The first-order valence-corrected chi connectivity index (χ1v) is 19.6. The van der Waals surface area contributed by atoms with E-state index in [1.54, 1.807) is 19.3 Å². The highest BCUT2D eigenvalue weighted by Gasteiger charge is 2.25. The summed E-state index contributed by atoms with van der Waals surface area (Å²) in [5.41, 5.74) is 3.80. The molecule has 0 bridgehead atoms. The Bertz CT molecular complexity index is 1890. The smallest absolute Gasteiger partial charge is 0.129 e. The van der Waals surface area contributed by atoms with Crippen molar-refractivity contribution in [2.24, 2.45) is 0 Å². The Morgan fingerprint density at radius 3 is 1.09 bits per heavy atom. The van der Waals surface area contributed by atoms with Gasteiger partial charge in [-0.05, 0) is 89.8 Å². The number of rotatable bonds is 24. The number of hydrogen-bond acceptors (Lipinski definition) is 11. The summed E-state index contributed by atoms with van der Waals surface area (Å²) in [6.07, 6.45) is -1.38. The topological polar surface area (TPSA) is 149 Å². The van der Waals surface area contributed by atoms with E-state index in [-0.39, 0.29) is 57.1 Å². The van der Waals surface area contributed by atoms with Crippen LogP contribution >= 0.6 is 0 Å². The summed E-state index contributed by atoms with van der Waals surface area (Å²) < 4.78 is 39.2. The van der Waals surface area contributed by atoms with Crippen LogP contribution in [0.3, 0.4) is 0 Å². The Hall–Kier alpha value is -4.88. The van der Waals surface area contributed by atoms with E-state index in [1.807, 2.05) is 103 Å². The van der Waals surface area contributed by atoms with E-state index in [0.717, 1.165) is 22.3 Å². The first kappa shape index (κ1) is 44.2. The van der Waals surface area contributed by atoms with E-state index < -0.39 is 24.4 Å². The molecule has 0 spiro atoms. The average molecular weight is 799 g/mol. The third-order valence-electron chi connectivity index (χ3n) is 9.88. The fraction of sp³-hybridized carbons (Fsp3) is 0.404. The molecule has 312 valence electrons. The maximum absolute atomic E-state index is 10.6. The highest BCUT2D eigenvalue weighted by molar-refractivity contribution is 5.43. The highest BCUT2D eigenvalue weighted by Crippen LogP contribution is 2.35. The molecule has 4 aromatic carbocycles. The second-order valence-electron chi connectivity index (χ2n) is 15.5. The third kappa shape index (κ3) is 13.3. The van der Waals surface area contributed by atoms with Crippen molar-refractivity contribution in [3.63, 3.8) is 0 Å². The fourth-order valence-corrected chi connectivity index (χ4v) is 6.18. The maximum Gasteiger partial charge on any atom is 0.129 e. The summed E-state index contributed by atoms with van der Waals surface area (Å²) in [6, 6.07) is 34.9. The normalized spacial score (nSPS) is 14.0. The molecule has 58 heavy (non-hydrogen) atoms. The van der Waals surface area contributed by atoms with Crippen molar-refractivity contribution in [2.45, 2.75) is 76.5 Å². The van der Waals surface area contributed by atoms with Crippen LogP contribution in [0.2, 0.25) is 0 Å². The van der Waals surface area contributed by atoms with Gasteiger partial charge < -0.3 is 53.3 Å². The predicted octanol–water partition coefficient (Wildman–Crippen LogP) is 6.84. The molecule has 4 atom stereocenters. The first-order chi connectivity index (χ1) is 27.8. The van der Waals surface area contributed by atoms with Crippen molar-refractivity contribution in [1.29, 1.82) is 0 Å². The van der Waals surface area contributed by atoms with Crippen molar-refractivity contribution in [1.82, 2.24) is 0 Å². The minimum Gasteiger partial charge on any atom is -0.491 e. The van der Waals surface area contributed by atoms with Crippen LogP contribution in [0.15, 0.2) is 120 Å². The Morgan fingerprint density at radius 2 is 0.776 bits per heavy atom. The molecule has 11 heteroatoms. The molecule has 4 unspecified atom stereocenters. The average Bonchev–Trinajstić information content (AvgIpc) is 3.75. The van der Waals surface area contributed by atoms with Crippen LogP contribution in [0, 0.1) is 0 Å². The van der Waals surface area contributed by atoms with Gasteiger partial charge in [-0.1, -0.05) is 76.2 Å². The summed E-state index contributed by atoms with van der Waals surface area (Å²) in [6.45, 7) is 11.3. The standard InChI is InChI=1S/C47H58O11/c1-33(48)25-52-26-38(49)28-55-41-16-8-34(9-17-41)46(2,3)36-12-20-43(21-13-36)57-30-40(51)31-58-44-22-14-37(15-23-44)47(4,5)35-10-18-42(19-11-35)56-29-39(50)27-53-32-45-7-6-24-54-45/h6-24,33,38-40,48-51H,25-32H2,1-5H3. The third-order valence-corrected chi connectivity index (χ3v) is 9.88. The van der Waals surface area contributed by atoms with Gasteiger partial charge in [0.1, 0.15) is 80.1 Å². The Kier molecular flexibility index (Phi) is 16.2. The molecule has 0 radical (unpaired) electrons. The Labute approximate surface area is 341 Å². The molecule has 5 aromatic rings. The minimum atomic E-state index is -0.832. The molecular weight excluding hydrogens is 741 g/mol. The maximum atomic E-state index is 10.6. The van der Waals surface area contributed by atoms with Gasteiger partial charge in [0, 0.05) is 10.8 Å². The lowest BCUT2D eigenvalue weighted by molar-refractivity contribution is -0.0163. The Balaban J connectivity index is 1.02. The van der Waals surface area contributed by atoms with Crippen LogP contribution in [0.5, 0.6) is 23.0 Å². The van der Waals surface area contributed by atoms with Crippen molar-refractivity contribution >= 4 is 0 Å². The zero-order valence-corrected chi connectivity index (χ0v) is 34.1. The molecule has 0 aliphatic heterocycles. The number of aliphatic hydroxyl groups is 4. The van der Waals surface area contributed by atoms with Crippen LogP contribution in [0.4, 0.5) is 0 Å². The van der Waals surface area contributed by atoms with Crippen LogP contribution in [-0.4, -0.2) is 91.1 Å². The molecule has 11 nitrogen and oxygen atoms in total. The molecular formula is C47H58O11. The van der Waals surface area contributed by atoms with Crippen molar-refractivity contribution in [2.75, 3.05) is 46.2 Å². The van der Waals surface area contributed by atoms with Crippen LogP contribution in [0.25, 0.3) is 0 Å². The van der Waals surface area contributed by atoms with E-state index >= 15 is 0 Å². The molecule has 0 aliphatic rings. The lowest BCUT2D eigenvalue weighted by Crippen LogP contribution is -2.25. The number of benzene rings is 4. The molecule has 1 heterocycles. The quantitative estimate of drug-likeness (QED) is 0.0520. The molecule has 0 aliphatic carbocycles. The molecule has 5 rings (SSSR count). The largest absolute Gasteiger partial charge is 0.491 e. The van der Waals surface area contributed by atoms with Crippen molar-refractivity contribution in [3.05, 3.63) is 143 Å². The number of hydrogen-bond donors (Lipinski definition) is 4. The van der Waals surface area contributed by atoms with Gasteiger partial charge in [-0.15, -0.1) is 0 Å². The van der Waals surface area contributed by atoms with Gasteiger partial charge >= 0.3 is 0 Å². The van der Waals surface area contributed by atoms with Gasteiger partial charge in [0.2, 0.25) is 0 Å². The number of ether oxygens (including phenoxy) is 6. The summed E-state index contributed by atoms with van der Waals surface area (Å²) in [7, 11) is 0. The van der Waals surface area contributed by atoms with E-state index in [2.05, 4.69) is 27.7 Å². The summed E-state index contributed by atoms with van der Waals surface area (Å²) in [4.78, 5) is 0. The molecule has 0 saturated carbocycles. The van der Waals surface area contributed by atoms with E-state index in [1.165, 1.54) is 0 Å². The molecule has 0 fully saturated rings. The first-order valence-electron chi connectivity index (χ1n) is 19.6.